The van der Waals surface area contributed by atoms with E-state index in [0.717, 1.165) is 56.0 Å². The SMILES string of the molecule is C=C1CCC(N2Cc3cc(CCC(=O)Cc4ccc(CCN5CCOCC5)c(C)c4)ccc3C2=O)C(=O)N1. The number of carbonyl (C=O) groups is 3. The summed E-state index contributed by atoms with van der Waals surface area (Å²) in [5.74, 6) is -0.0459. The molecule has 7 nitrogen and oxygen atoms in total. The number of morpholine rings is 1. The number of ether oxygens (including phenoxy) is 1. The van der Waals surface area contributed by atoms with E-state index in [1.165, 1.54) is 11.1 Å². The number of nitrogens with one attached hydrogen (secondary N) is 1. The van der Waals surface area contributed by atoms with Crippen LogP contribution in [-0.2, 0) is 40.1 Å². The number of piperidine rings is 1. The van der Waals surface area contributed by atoms with Gasteiger partial charge in [-0.15, -0.1) is 0 Å². The van der Waals surface area contributed by atoms with Crippen molar-refractivity contribution < 1.29 is 19.1 Å². The van der Waals surface area contributed by atoms with E-state index in [1.807, 2.05) is 18.2 Å². The third-order valence-electron chi connectivity index (χ3n) is 8.00. The zero-order valence-electron chi connectivity index (χ0n) is 22.3. The molecule has 2 aromatic carbocycles. The molecule has 2 aromatic rings. The van der Waals surface area contributed by atoms with Crippen molar-refractivity contribution in [1.82, 2.24) is 15.1 Å². The van der Waals surface area contributed by atoms with Crippen molar-refractivity contribution in [3.8, 4) is 0 Å². The molecule has 2 fully saturated rings. The quantitative estimate of drug-likeness (QED) is 0.554. The van der Waals surface area contributed by atoms with Gasteiger partial charge >= 0.3 is 0 Å². The molecule has 0 radical (unpaired) electrons. The molecule has 1 N–H and O–H groups in total. The lowest BCUT2D eigenvalue weighted by Crippen LogP contribution is -2.49. The third-order valence-corrected chi connectivity index (χ3v) is 8.00. The Labute approximate surface area is 224 Å². The smallest absolute Gasteiger partial charge is 0.255 e. The number of ketones is 1. The van der Waals surface area contributed by atoms with E-state index >= 15 is 0 Å². The first kappa shape index (κ1) is 26.3. The number of Topliss-reactive ketones (excluding diaryl/α,β-unsaturated/α-hetero) is 1. The highest BCUT2D eigenvalue weighted by molar-refractivity contribution is 6.01. The molecule has 0 aromatic heterocycles. The number of hydrogen-bond donors (Lipinski definition) is 1. The largest absolute Gasteiger partial charge is 0.379 e. The molecule has 5 rings (SSSR count). The van der Waals surface area contributed by atoms with Crippen LogP contribution >= 0.6 is 0 Å². The molecule has 0 spiro atoms. The maximum atomic E-state index is 12.9. The number of hydrogen-bond acceptors (Lipinski definition) is 5. The molecule has 3 heterocycles. The second-order valence-corrected chi connectivity index (χ2v) is 10.8. The van der Waals surface area contributed by atoms with Crippen molar-refractivity contribution in [2.75, 3.05) is 32.8 Å². The molecule has 1 unspecified atom stereocenters. The average molecular weight is 516 g/mol. The number of fused-ring (bicyclic) bond motifs is 1. The van der Waals surface area contributed by atoms with Gasteiger partial charge in [0.05, 0.1) is 13.2 Å². The van der Waals surface area contributed by atoms with E-state index in [-0.39, 0.29) is 17.6 Å². The highest BCUT2D eigenvalue weighted by atomic mass is 16.5. The first-order chi connectivity index (χ1) is 18.4. The van der Waals surface area contributed by atoms with Gasteiger partial charge in [0.2, 0.25) is 5.91 Å². The van der Waals surface area contributed by atoms with Crippen LogP contribution in [0.3, 0.4) is 0 Å². The predicted molar refractivity (Wildman–Crippen MR) is 146 cm³/mol. The van der Waals surface area contributed by atoms with Crippen molar-refractivity contribution in [2.24, 2.45) is 0 Å². The molecule has 7 heteroatoms. The maximum Gasteiger partial charge on any atom is 0.255 e. The number of benzene rings is 2. The van der Waals surface area contributed by atoms with Gasteiger partial charge in [0, 0.05) is 50.3 Å². The number of allylic oxidation sites excluding steroid dienone is 1. The Hall–Kier alpha value is -3.29. The zero-order chi connectivity index (χ0) is 26.6. The molecule has 200 valence electrons. The fraction of sp³-hybridized carbons (Fsp3) is 0.452. The van der Waals surface area contributed by atoms with Crippen LogP contribution in [0.2, 0.25) is 0 Å². The minimum Gasteiger partial charge on any atom is -0.379 e. The van der Waals surface area contributed by atoms with Gasteiger partial charge in [-0.1, -0.05) is 36.9 Å². The van der Waals surface area contributed by atoms with Crippen LogP contribution in [0.15, 0.2) is 48.7 Å². The van der Waals surface area contributed by atoms with Crippen LogP contribution in [-0.4, -0.2) is 66.3 Å². The molecule has 0 bridgehead atoms. The van der Waals surface area contributed by atoms with Gasteiger partial charge in [0.1, 0.15) is 11.8 Å². The molecule has 2 saturated heterocycles. The maximum absolute atomic E-state index is 12.9. The summed E-state index contributed by atoms with van der Waals surface area (Å²) in [6.07, 6.45) is 3.83. The van der Waals surface area contributed by atoms with Crippen LogP contribution in [0, 0.1) is 6.92 Å². The molecule has 38 heavy (non-hydrogen) atoms. The van der Waals surface area contributed by atoms with Crippen LogP contribution in [0.25, 0.3) is 0 Å². The number of amides is 2. The normalized spacial score (nSPS) is 20.0. The van der Waals surface area contributed by atoms with Crippen molar-refractivity contribution >= 4 is 17.6 Å². The molecule has 2 amide bonds. The molecule has 3 aliphatic rings. The van der Waals surface area contributed by atoms with Crippen LogP contribution in [0.1, 0.15) is 57.4 Å². The van der Waals surface area contributed by atoms with E-state index in [4.69, 9.17) is 4.74 Å². The third kappa shape index (κ3) is 6.05. The minimum atomic E-state index is -0.459. The summed E-state index contributed by atoms with van der Waals surface area (Å²) in [5, 5.41) is 2.77. The molecular weight excluding hydrogens is 478 g/mol. The Kier molecular flexibility index (Phi) is 8.05. The molecule has 3 aliphatic heterocycles. The lowest BCUT2D eigenvalue weighted by molar-refractivity contribution is -0.126. The number of rotatable bonds is 9. The predicted octanol–water partition coefficient (Wildman–Crippen LogP) is 3.36. The summed E-state index contributed by atoms with van der Waals surface area (Å²) in [4.78, 5) is 42.2. The van der Waals surface area contributed by atoms with E-state index in [0.29, 0.717) is 49.9 Å². The lowest BCUT2D eigenvalue weighted by atomic mass is 9.97. The van der Waals surface area contributed by atoms with Crippen LogP contribution in [0.5, 0.6) is 0 Å². The van der Waals surface area contributed by atoms with Gasteiger partial charge < -0.3 is 15.0 Å². The summed E-state index contributed by atoms with van der Waals surface area (Å²) >= 11 is 0. The van der Waals surface area contributed by atoms with Gasteiger partial charge in [-0.25, -0.2) is 0 Å². The Balaban J connectivity index is 1.12. The highest BCUT2D eigenvalue weighted by Gasteiger charge is 2.38. The van der Waals surface area contributed by atoms with Gasteiger partial charge in [0.25, 0.3) is 5.91 Å². The summed E-state index contributed by atoms with van der Waals surface area (Å²) in [5.41, 5.74) is 6.98. The number of aryl methyl sites for hydroxylation is 2. The fourth-order valence-corrected chi connectivity index (χ4v) is 5.71. The van der Waals surface area contributed by atoms with Crippen LogP contribution in [0.4, 0.5) is 0 Å². The van der Waals surface area contributed by atoms with E-state index in [9.17, 15) is 14.4 Å². The standard InChI is InChI=1S/C31H37N3O4/c1-21-17-24(4-7-25(21)11-12-33-13-15-38-16-14-33)19-27(35)8-5-23-6-9-28-26(18-23)20-34(31(28)37)29-10-3-22(2)32-30(29)36/h4,6-7,9,17-18,29H,2-3,5,8,10-16,19-20H2,1H3,(H,32,36). The van der Waals surface area contributed by atoms with Crippen molar-refractivity contribution in [3.63, 3.8) is 0 Å². The lowest BCUT2D eigenvalue weighted by Gasteiger charge is -2.30. The Morgan fingerprint density at radius 2 is 1.87 bits per heavy atom. The van der Waals surface area contributed by atoms with Gasteiger partial charge in [-0.2, -0.15) is 0 Å². The van der Waals surface area contributed by atoms with E-state index in [1.54, 1.807) is 4.90 Å². The van der Waals surface area contributed by atoms with Gasteiger partial charge in [0.15, 0.2) is 0 Å². The number of nitrogens with zero attached hydrogens (tertiary/aromatic N) is 2. The molecule has 1 atom stereocenters. The van der Waals surface area contributed by atoms with Crippen LogP contribution < -0.4 is 5.32 Å². The van der Waals surface area contributed by atoms with E-state index in [2.05, 4.69) is 41.9 Å². The zero-order valence-corrected chi connectivity index (χ0v) is 22.3. The Morgan fingerprint density at radius 3 is 2.63 bits per heavy atom. The monoisotopic (exact) mass is 515 g/mol. The first-order valence-electron chi connectivity index (χ1n) is 13.7. The van der Waals surface area contributed by atoms with Crippen molar-refractivity contribution in [1.29, 1.82) is 0 Å². The molecule has 0 aliphatic carbocycles. The first-order valence-corrected chi connectivity index (χ1v) is 13.7. The summed E-state index contributed by atoms with van der Waals surface area (Å²) < 4.78 is 5.43. The summed E-state index contributed by atoms with van der Waals surface area (Å²) in [7, 11) is 0. The second-order valence-electron chi connectivity index (χ2n) is 10.8. The molecule has 0 saturated carbocycles. The topological polar surface area (TPSA) is 79.0 Å². The Bertz CT molecular complexity index is 1250. The molecular formula is C31H37N3O4. The van der Waals surface area contributed by atoms with Gasteiger partial charge in [-0.05, 0) is 66.5 Å². The second kappa shape index (κ2) is 11.6. The highest BCUT2D eigenvalue weighted by Crippen LogP contribution is 2.29. The summed E-state index contributed by atoms with van der Waals surface area (Å²) in [6, 6.07) is 11.8. The van der Waals surface area contributed by atoms with Gasteiger partial charge in [-0.3, -0.25) is 19.3 Å². The fourth-order valence-electron chi connectivity index (χ4n) is 5.71. The van der Waals surface area contributed by atoms with Crippen molar-refractivity contribution in [2.45, 2.75) is 58.0 Å². The Morgan fingerprint density at radius 1 is 1.08 bits per heavy atom. The number of carbonyl (C=O) groups excluding carboxylic acids is 3. The summed E-state index contributed by atoms with van der Waals surface area (Å²) in [6.45, 7) is 11.0. The minimum absolute atomic E-state index is 0.0981. The van der Waals surface area contributed by atoms with E-state index < -0.39 is 6.04 Å². The average Bonchev–Trinajstić information content (AvgIpc) is 3.23. The van der Waals surface area contributed by atoms with Crippen molar-refractivity contribution in [3.05, 3.63) is 82.1 Å².